The van der Waals surface area contributed by atoms with E-state index in [0.29, 0.717) is 11.3 Å². The van der Waals surface area contributed by atoms with E-state index in [-0.39, 0.29) is 5.75 Å². The van der Waals surface area contributed by atoms with Gasteiger partial charge in [-0.3, -0.25) is 0 Å². The number of benzene rings is 1. The lowest BCUT2D eigenvalue weighted by Gasteiger charge is -2.47. The third-order valence-electron chi connectivity index (χ3n) is 7.18. The van der Waals surface area contributed by atoms with E-state index in [0.717, 1.165) is 5.92 Å². The van der Waals surface area contributed by atoms with Crippen molar-refractivity contribution in [2.45, 2.75) is 89.9 Å². The summed E-state index contributed by atoms with van der Waals surface area (Å²) in [5.74, 6) is 1.48. The number of hydrogen-bond acceptors (Lipinski definition) is 1. The Bertz CT molecular complexity index is 634. The van der Waals surface area contributed by atoms with Gasteiger partial charge >= 0.3 is 12.1 Å². The highest BCUT2D eigenvalue weighted by Gasteiger charge is 2.40. The molecule has 2 aliphatic carbocycles. The van der Waals surface area contributed by atoms with Gasteiger partial charge < -0.3 is 4.74 Å². The Kier molecular flexibility index (Phi) is 7.48. The van der Waals surface area contributed by atoms with E-state index in [4.69, 9.17) is 0 Å². The van der Waals surface area contributed by atoms with Crippen LogP contribution in [0.2, 0.25) is 0 Å². The van der Waals surface area contributed by atoms with Gasteiger partial charge in [-0.05, 0) is 79.9 Å². The average Bonchev–Trinajstić information content (AvgIpc) is 2.73. The minimum atomic E-state index is -2.43. The first-order chi connectivity index (χ1) is 13.5. The zero-order valence-corrected chi connectivity index (χ0v) is 17.0. The maximum atomic E-state index is 12.9. The van der Waals surface area contributed by atoms with Crippen LogP contribution >= 0.6 is 0 Å². The predicted octanol–water partition coefficient (Wildman–Crippen LogP) is 8.52. The summed E-state index contributed by atoms with van der Waals surface area (Å²) in [6, 6.07) is 5.16. The first kappa shape index (κ1) is 21.3. The molecule has 0 unspecified atom stereocenters. The highest BCUT2D eigenvalue weighted by Crippen LogP contribution is 2.53. The van der Waals surface area contributed by atoms with Crippen molar-refractivity contribution in [2.75, 3.05) is 0 Å². The van der Waals surface area contributed by atoms with Crippen LogP contribution in [0.4, 0.5) is 13.2 Å². The molecule has 3 rings (SSSR count). The summed E-state index contributed by atoms with van der Waals surface area (Å²) >= 11 is 0. The summed E-state index contributed by atoms with van der Waals surface area (Å²) in [6.45, 7) is 2.30. The lowest BCUT2D eigenvalue weighted by molar-refractivity contribution is 0.0511. The topological polar surface area (TPSA) is 9.23 Å². The molecule has 0 bridgehead atoms. The molecule has 0 heterocycles. The molecular weight excluding hydrogens is 361 g/mol. The molecule has 2 fully saturated rings. The third-order valence-corrected chi connectivity index (χ3v) is 7.18. The van der Waals surface area contributed by atoms with Crippen LogP contribution in [0.3, 0.4) is 0 Å². The van der Waals surface area contributed by atoms with Gasteiger partial charge in [-0.1, -0.05) is 51.2 Å². The Labute approximate surface area is 167 Å². The van der Waals surface area contributed by atoms with E-state index < -0.39 is 12.1 Å². The Morgan fingerprint density at radius 1 is 0.964 bits per heavy atom. The lowest BCUT2D eigenvalue weighted by Crippen LogP contribution is -2.35. The third kappa shape index (κ3) is 5.12. The summed E-state index contributed by atoms with van der Waals surface area (Å²) in [4.78, 5) is 0. The summed E-state index contributed by atoms with van der Waals surface area (Å²) in [5, 5.41) is 0. The van der Waals surface area contributed by atoms with Crippen LogP contribution in [-0.4, -0.2) is 0 Å². The standard InChI is InChI=1S/C24H33F3O/c1-2-3-15-24(16-5-4-6-17-24)20-11-7-18(8-12-20)19-9-13-21(14-10-19)28-23(27)22(25)26/h9-10,13-14,18,20H,2-8,11-12,15-17H2,1H3/t18-,20-. The fraction of sp³-hybridized carbons (Fsp3) is 0.667. The van der Waals surface area contributed by atoms with Crippen LogP contribution in [0.1, 0.15) is 95.5 Å². The lowest BCUT2D eigenvalue weighted by atomic mass is 9.58. The van der Waals surface area contributed by atoms with Gasteiger partial charge in [0, 0.05) is 0 Å². The number of halogens is 3. The smallest absolute Gasteiger partial charge is 0.344 e. The van der Waals surface area contributed by atoms with Crippen LogP contribution in [0, 0.1) is 11.3 Å². The summed E-state index contributed by atoms with van der Waals surface area (Å²) in [5.41, 5.74) is 1.79. The van der Waals surface area contributed by atoms with Crippen LogP contribution < -0.4 is 4.74 Å². The SMILES string of the molecule is CCCCC1([C@H]2CC[C@H](c3ccc(OC(F)=C(F)F)cc3)CC2)CCCCC1. The van der Waals surface area contributed by atoms with Crippen molar-refractivity contribution in [1.82, 2.24) is 0 Å². The van der Waals surface area contributed by atoms with Crippen molar-refractivity contribution >= 4 is 0 Å². The molecule has 28 heavy (non-hydrogen) atoms. The molecule has 1 aromatic rings. The summed E-state index contributed by atoms with van der Waals surface area (Å²) in [6.07, 6.45) is 13.6. The molecule has 0 atom stereocenters. The molecule has 0 amide bonds. The van der Waals surface area contributed by atoms with E-state index in [2.05, 4.69) is 11.7 Å². The van der Waals surface area contributed by atoms with Crippen LogP contribution in [0.15, 0.2) is 36.4 Å². The van der Waals surface area contributed by atoms with Gasteiger partial charge in [-0.25, -0.2) is 0 Å². The van der Waals surface area contributed by atoms with E-state index in [1.807, 2.05) is 12.1 Å². The quantitative estimate of drug-likeness (QED) is 0.421. The molecular formula is C24H33F3O. The van der Waals surface area contributed by atoms with Gasteiger partial charge in [0.05, 0.1) is 0 Å². The van der Waals surface area contributed by atoms with Gasteiger partial charge in [-0.15, -0.1) is 0 Å². The van der Waals surface area contributed by atoms with Crippen molar-refractivity contribution in [3.63, 3.8) is 0 Å². The van der Waals surface area contributed by atoms with Gasteiger partial charge in [-0.2, -0.15) is 13.2 Å². The molecule has 0 radical (unpaired) electrons. The second kappa shape index (κ2) is 9.84. The number of unbranched alkanes of at least 4 members (excludes halogenated alkanes) is 1. The molecule has 0 saturated heterocycles. The maximum absolute atomic E-state index is 12.9. The van der Waals surface area contributed by atoms with Crippen molar-refractivity contribution in [3.05, 3.63) is 41.9 Å². The van der Waals surface area contributed by atoms with Gasteiger partial charge in [0.15, 0.2) is 0 Å². The molecule has 0 spiro atoms. The highest BCUT2D eigenvalue weighted by atomic mass is 19.3. The average molecular weight is 395 g/mol. The molecule has 2 aliphatic rings. The Morgan fingerprint density at radius 3 is 2.18 bits per heavy atom. The minimum absolute atomic E-state index is 0.114. The molecule has 1 aromatic carbocycles. The molecule has 0 N–H and O–H groups in total. The monoisotopic (exact) mass is 394 g/mol. The van der Waals surface area contributed by atoms with Crippen molar-refractivity contribution in [3.8, 4) is 5.75 Å². The Hall–Kier alpha value is -1.45. The largest absolute Gasteiger partial charge is 0.428 e. The number of rotatable bonds is 7. The van der Waals surface area contributed by atoms with E-state index >= 15 is 0 Å². The van der Waals surface area contributed by atoms with Crippen LogP contribution in [0.5, 0.6) is 5.75 Å². The second-order valence-electron chi connectivity index (χ2n) is 8.78. The Balaban J connectivity index is 1.59. The molecule has 1 nitrogen and oxygen atoms in total. The zero-order chi connectivity index (χ0) is 20.0. The number of ether oxygens (including phenoxy) is 1. The predicted molar refractivity (Wildman–Crippen MR) is 107 cm³/mol. The molecule has 0 aromatic heterocycles. The molecule has 2 saturated carbocycles. The normalized spacial score (nSPS) is 24.6. The second-order valence-corrected chi connectivity index (χ2v) is 8.78. The van der Waals surface area contributed by atoms with Gasteiger partial charge in [0.1, 0.15) is 5.75 Å². The highest BCUT2D eigenvalue weighted by molar-refractivity contribution is 5.30. The summed E-state index contributed by atoms with van der Waals surface area (Å²) < 4.78 is 41.8. The molecule has 156 valence electrons. The fourth-order valence-corrected chi connectivity index (χ4v) is 5.64. The fourth-order valence-electron chi connectivity index (χ4n) is 5.64. The maximum Gasteiger partial charge on any atom is 0.344 e. The van der Waals surface area contributed by atoms with E-state index in [1.54, 1.807) is 12.1 Å². The zero-order valence-electron chi connectivity index (χ0n) is 17.0. The minimum Gasteiger partial charge on any atom is -0.428 e. The summed E-state index contributed by atoms with van der Waals surface area (Å²) in [7, 11) is 0. The molecule has 4 heteroatoms. The van der Waals surface area contributed by atoms with E-state index in [9.17, 15) is 13.2 Å². The van der Waals surface area contributed by atoms with Crippen molar-refractivity contribution < 1.29 is 17.9 Å². The van der Waals surface area contributed by atoms with Crippen molar-refractivity contribution in [2.24, 2.45) is 11.3 Å². The van der Waals surface area contributed by atoms with E-state index in [1.165, 1.54) is 82.6 Å². The van der Waals surface area contributed by atoms with Crippen molar-refractivity contribution in [1.29, 1.82) is 0 Å². The van der Waals surface area contributed by atoms with Gasteiger partial charge in [0.25, 0.3) is 0 Å². The Morgan fingerprint density at radius 2 is 1.61 bits per heavy atom. The molecule has 0 aliphatic heterocycles. The first-order valence-corrected chi connectivity index (χ1v) is 11.0. The van der Waals surface area contributed by atoms with Crippen LogP contribution in [-0.2, 0) is 0 Å². The van der Waals surface area contributed by atoms with Crippen LogP contribution in [0.25, 0.3) is 0 Å². The first-order valence-electron chi connectivity index (χ1n) is 11.0. The van der Waals surface area contributed by atoms with Gasteiger partial charge in [0.2, 0.25) is 0 Å². The number of hydrogen-bond donors (Lipinski definition) is 0.